The summed E-state index contributed by atoms with van der Waals surface area (Å²) >= 11 is 0.970. The van der Waals surface area contributed by atoms with Crippen LogP contribution in [0.3, 0.4) is 0 Å². The number of carboxylic acids is 1. The number of aromatic nitrogens is 2. The first-order valence-corrected chi connectivity index (χ1v) is 7.17. The zero-order chi connectivity index (χ0) is 15.6. The highest BCUT2D eigenvalue weighted by Gasteiger charge is 2.18. The fourth-order valence-corrected chi connectivity index (χ4v) is 2.58. The summed E-state index contributed by atoms with van der Waals surface area (Å²) < 4.78 is 27.1. The van der Waals surface area contributed by atoms with Crippen LogP contribution in [0.5, 0.6) is 0 Å². The first-order chi connectivity index (χ1) is 9.88. The van der Waals surface area contributed by atoms with Crippen LogP contribution >= 0.6 is 11.8 Å². The molecule has 0 saturated carbocycles. The molecule has 0 atom stereocenters. The highest BCUT2D eigenvalue weighted by molar-refractivity contribution is 7.99. The smallest absolute Gasteiger partial charge is 0.313 e. The highest BCUT2D eigenvalue weighted by atomic mass is 32.2. The summed E-state index contributed by atoms with van der Waals surface area (Å²) in [6.45, 7) is 3.74. The Morgan fingerprint density at radius 2 is 2.10 bits per heavy atom. The van der Waals surface area contributed by atoms with Gasteiger partial charge in [0.15, 0.2) is 0 Å². The lowest BCUT2D eigenvalue weighted by Gasteiger charge is -2.10. The molecule has 7 heteroatoms. The number of carbonyl (C=O) groups is 1. The fourth-order valence-electron chi connectivity index (χ4n) is 1.85. The van der Waals surface area contributed by atoms with E-state index in [1.165, 1.54) is 10.7 Å². The Balaban J connectivity index is 2.49. The molecule has 0 aliphatic heterocycles. The Hall–Kier alpha value is -1.89. The molecule has 0 aliphatic rings. The number of hydrogen-bond donors (Lipinski definition) is 1. The van der Waals surface area contributed by atoms with Gasteiger partial charge >= 0.3 is 5.97 Å². The third-order valence-corrected chi connectivity index (χ3v) is 3.83. The molecule has 112 valence electrons. The van der Waals surface area contributed by atoms with Gasteiger partial charge in [-0.3, -0.25) is 4.79 Å². The van der Waals surface area contributed by atoms with Gasteiger partial charge in [0, 0.05) is 0 Å². The summed E-state index contributed by atoms with van der Waals surface area (Å²) in [4.78, 5) is 10.7. The summed E-state index contributed by atoms with van der Waals surface area (Å²) in [5.74, 6) is -1.22. The number of thioether (sulfide) groups is 1. The van der Waals surface area contributed by atoms with Crippen molar-refractivity contribution in [1.82, 2.24) is 9.78 Å². The van der Waals surface area contributed by atoms with Crippen LogP contribution in [0.4, 0.5) is 8.78 Å². The number of halogens is 2. The molecule has 1 N–H and O–H groups in total. The van der Waals surface area contributed by atoms with Crippen LogP contribution in [0.15, 0.2) is 29.3 Å². The quantitative estimate of drug-likeness (QED) is 0.857. The van der Waals surface area contributed by atoms with Gasteiger partial charge in [0.2, 0.25) is 0 Å². The molecule has 1 heterocycles. The average molecular weight is 312 g/mol. The molecule has 0 unspecified atom stereocenters. The van der Waals surface area contributed by atoms with Crippen molar-refractivity contribution >= 4 is 17.7 Å². The number of nitrogens with zero attached hydrogens (tertiary/aromatic N) is 2. The highest BCUT2D eigenvalue weighted by Crippen LogP contribution is 2.29. The lowest BCUT2D eigenvalue weighted by Crippen LogP contribution is -2.04. The molecule has 21 heavy (non-hydrogen) atoms. The zero-order valence-corrected chi connectivity index (χ0v) is 12.3. The Morgan fingerprint density at radius 3 is 2.71 bits per heavy atom. The fraction of sp³-hybridized carbons (Fsp3) is 0.286. The first kappa shape index (κ1) is 15.5. The molecule has 0 saturated heterocycles. The van der Waals surface area contributed by atoms with Crippen LogP contribution in [0.25, 0.3) is 5.69 Å². The first-order valence-electron chi connectivity index (χ1n) is 6.19. The molecule has 0 aliphatic carbocycles. The van der Waals surface area contributed by atoms with E-state index < -0.39 is 12.4 Å². The van der Waals surface area contributed by atoms with E-state index in [1.807, 2.05) is 32.0 Å². The number of benzene rings is 1. The molecular formula is C14H14F2N2O2S. The average Bonchev–Trinajstić information content (AvgIpc) is 2.83. The third kappa shape index (κ3) is 3.60. The Labute approximate surface area is 124 Å². The van der Waals surface area contributed by atoms with Gasteiger partial charge in [0.1, 0.15) is 10.7 Å². The maximum absolute atomic E-state index is 12.9. The summed E-state index contributed by atoms with van der Waals surface area (Å²) in [5, 5.41) is 13.1. The van der Waals surface area contributed by atoms with E-state index in [4.69, 9.17) is 5.11 Å². The van der Waals surface area contributed by atoms with Crippen LogP contribution in [0.1, 0.15) is 23.2 Å². The summed E-state index contributed by atoms with van der Waals surface area (Å²) in [6, 6.07) is 6.86. The van der Waals surface area contributed by atoms with Crippen molar-refractivity contribution in [3.05, 3.63) is 41.1 Å². The Kier molecular flexibility index (Phi) is 4.62. The van der Waals surface area contributed by atoms with Crippen molar-refractivity contribution in [3.63, 3.8) is 0 Å². The van der Waals surface area contributed by atoms with Gasteiger partial charge in [-0.1, -0.05) is 23.9 Å². The van der Waals surface area contributed by atoms with E-state index in [1.54, 1.807) is 0 Å². The molecule has 0 radical (unpaired) electrons. The SMILES string of the molecule is Cc1ccc(C)c(-n2nc(C(F)F)cc2SCC(=O)O)c1. The topological polar surface area (TPSA) is 55.1 Å². The van der Waals surface area contributed by atoms with E-state index in [-0.39, 0.29) is 11.4 Å². The lowest BCUT2D eigenvalue weighted by molar-refractivity contribution is -0.133. The van der Waals surface area contributed by atoms with Crippen LogP contribution in [0, 0.1) is 13.8 Å². The van der Waals surface area contributed by atoms with E-state index in [2.05, 4.69) is 5.10 Å². The molecule has 1 aromatic carbocycles. The summed E-state index contributed by atoms with van der Waals surface area (Å²) in [6.07, 6.45) is -2.69. The molecule has 0 amide bonds. The van der Waals surface area contributed by atoms with Gasteiger partial charge in [-0.15, -0.1) is 0 Å². The van der Waals surface area contributed by atoms with E-state index in [9.17, 15) is 13.6 Å². The molecule has 0 bridgehead atoms. The minimum absolute atomic E-state index is 0.209. The number of alkyl halides is 2. The van der Waals surface area contributed by atoms with Gasteiger partial charge in [-0.05, 0) is 37.1 Å². The normalized spacial score (nSPS) is 11.1. The minimum atomic E-state index is -2.69. The maximum atomic E-state index is 12.9. The second kappa shape index (κ2) is 6.26. The van der Waals surface area contributed by atoms with E-state index in [0.717, 1.165) is 22.9 Å². The van der Waals surface area contributed by atoms with Crippen LogP contribution < -0.4 is 0 Å². The van der Waals surface area contributed by atoms with Crippen molar-refractivity contribution in [2.24, 2.45) is 0 Å². The van der Waals surface area contributed by atoms with Gasteiger partial charge in [-0.2, -0.15) is 5.10 Å². The molecule has 2 rings (SSSR count). The number of aliphatic carboxylic acids is 1. The number of rotatable bonds is 5. The van der Waals surface area contributed by atoms with Crippen LogP contribution in [0.2, 0.25) is 0 Å². The molecule has 0 spiro atoms. The standard InChI is InChI=1S/C14H14F2N2O2S/c1-8-3-4-9(2)11(5-8)18-12(21-7-13(19)20)6-10(17-18)14(15)16/h3-6,14H,7H2,1-2H3,(H,19,20). The number of aryl methyl sites for hydroxylation is 2. The van der Waals surface area contributed by atoms with Gasteiger partial charge in [0.25, 0.3) is 6.43 Å². The Morgan fingerprint density at radius 1 is 1.38 bits per heavy atom. The van der Waals surface area contributed by atoms with E-state index >= 15 is 0 Å². The minimum Gasteiger partial charge on any atom is -0.481 e. The molecular weight excluding hydrogens is 298 g/mol. The van der Waals surface area contributed by atoms with Crippen molar-refractivity contribution in [3.8, 4) is 5.69 Å². The van der Waals surface area contributed by atoms with Gasteiger partial charge < -0.3 is 5.11 Å². The van der Waals surface area contributed by atoms with Crippen LogP contribution in [-0.2, 0) is 4.79 Å². The molecule has 2 aromatic rings. The zero-order valence-electron chi connectivity index (χ0n) is 11.5. The van der Waals surface area contributed by atoms with Crippen molar-refractivity contribution in [2.75, 3.05) is 5.75 Å². The monoisotopic (exact) mass is 312 g/mol. The third-order valence-electron chi connectivity index (χ3n) is 2.86. The predicted molar refractivity (Wildman–Crippen MR) is 76.4 cm³/mol. The predicted octanol–water partition coefficient (Wildman–Crippen LogP) is 3.60. The molecule has 1 aromatic heterocycles. The van der Waals surface area contributed by atoms with Crippen molar-refractivity contribution in [1.29, 1.82) is 0 Å². The number of hydrogen-bond acceptors (Lipinski definition) is 3. The summed E-state index contributed by atoms with van der Waals surface area (Å²) in [7, 11) is 0. The van der Waals surface area contributed by atoms with Crippen LogP contribution in [-0.4, -0.2) is 26.6 Å². The van der Waals surface area contributed by atoms with Gasteiger partial charge in [-0.25, -0.2) is 13.5 Å². The Bertz CT molecular complexity index is 671. The summed E-state index contributed by atoms with van der Waals surface area (Å²) in [5.41, 5.74) is 2.17. The molecule has 4 nitrogen and oxygen atoms in total. The van der Waals surface area contributed by atoms with Gasteiger partial charge in [0.05, 0.1) is 11.4 Å². The maximum Gasteiger partial charge on any atom is 0.313 e. The second-order valence-corrected chi connectivity index (χ2v) is 5.59. The lowest BCUT2D eigenvalue weighted by atomic mass is 10.1. The molecule has 0 fully saturated rings. The van der Waals surface area contributed by atoms with E-state index in [0.29, 0.717) is 10.7 Å². The second-order valence-electron chi connectivity index (χ2n) is 4.59. The number of carboxylic acid groups (broad SMARTS) is 1. The van der Waals surface area contributed by atoms with Crippen molar-refractivity contribution in [2.45, 2.75) is 25.3 Å². The van der Waals surface area contributed by atoms with Crippen molar-refractivity contribution < 1.29 is 18.7 Å². The largest absolute Gasteiger partial charge is 0.481 e.